The van der Waals surface area contributed by atoms with Crippen molar-refractivity contribution < 1.29 is 9.13 Å². The summed E-state index contributed by atoms with van der Waals surface area (Å²) in [4.78, 5) is 8.52. The zero-order chi connectivity index (χ0) is 17.4. The Morgan fingerprint density at radius 2 is 1.88 bits per heavy atom. The number of benzene rings is 2. The predicted octanol–water partition coefficient (Wildman–Crippen LogP) is 4.85. The van der Waals surface area contributed by atoms with Crippen LogP contribution in [0.5, 0.6) is 5.88 Å². The molecule has 0 aliphatic heterocycles. The van der Waals surface area contributed by atoms with Gasteiger partial charge in [0, 0.05) is 0 Å². The van der Waals surface area contributed by atoms with Crippen molar-refractivity contribution in [2.75, 3.05) is 12.3 Å². The van der Waals surface area contributed by atoms with Crippen LogP contribution in [0.15, 0.2) is 36.4 Å². The molecular weight excluding hydrogens is 341 g/mol. The molecule has 0 atom stereocenters. The summed E-state index contributed by atoms with van der Waals surface area (Å²) < 4.78 is 19.3. The molecule has 1 heterocycles. The van der Waals surface area contributed by atoms with Crippen molar-refractivity contribution in [2.45, 2.75) is 19.3 Å². The fourth-order valence-electron chi connectivity index (χ4n) is 2.94. The lowest BCUT2D eigenvalue weighted by molar-refractivity contribution is 0.177. The Labute approximate surface area is 149 Å². The van der Waals surface area contributed by atoms with Gasteiger partial charge >= 0.3 is 0 Å². The van der Waals surface area contributed by atoms with E-state index in [1.807, 2.05) is 18.2 Å². The molecule has 0 amide bonds. The van der Waals surface area contributed by atoms with E-state index in [0.29, 0.717) is 23.9 Å². The van der Waals surface area contributed by atoms with Gasteiger partial charge in [0.15, 0.2) is 0 Å². The highest BCUT2D eigenvalue weighted by Gasteiger charge is 2.19. The standard InChI is InChI=1S/C19H17ClFN3O/c20-15-9-13(4-6-16(15)21)12-5-7-17-14(8-12)18(24-19(22)23-17)25-10-11-2-1-3-11/h4-9,11H,1-3,10H2,(H2,22,23,24). The average molecular weight is 358 g/mol. The van der Waals surface area contributed by atoms with Crippen LogP contribution in [-0.2, 0) is 0 Å². The number of nitrogen functional groups attached to an aromatic ring is 1. The SMILES string of the molecule is Nc1nc(OCC2CCC2)c2cc(-c3ccc(F)c(Cl)c3)ccc2n1. The molecular formula is C19H17ClFN3O. The molecule has 128 valence electrons. The highest BCUT2D eigenvalue weighted by molar-refractivity contribution is 6.31. The summed E-state index contributed by atoms with van der Waals surface area (Å²) in [5.41, 5.74) is 8.22. The highest BCUT2D eigenvalue weighted by atomic mass is 35.5. The topological polar surface area (TPSA) is 61.0 Å². The fourth-order valence-corrected chi connectivity index (χ4v) is 3.12. The maximum absolute atomic E-state index is 13.4. The molecule has 1 fully saturated rings. The van der Waals surface area contributed by atoms with Gasteiger partial charge in [-0.2, -0.15) is 4.98 Å². The van der Waals surface area contributed by atoms with Gasteiger partial charge in [-0.05, 0) is 54.2 Å². The zero-order valence-electron chi connectivity index (χ0n) is 13.5. The van der Waals surface area contributed by atoms with Gasteiger partial charge < -0.3 is 10.5 Å². The van der Waals surface area contributed by atoms with Crippen molar-refractivity contribution >= 4 is 28.5 Å². The molecule has 1 aliphatic rings. The lowest BCUT2D eigenvalue weighted by Gasteiger charge is -2.25. The Kier molecular flexibility index (Phi) is 4.17. The van der Waals surface area contributed by atoms with E-state index in [1.165, 1.54) is 25.3 Å². The molecule has 3 aromatic rings. The number of aromatic nitrogens is 2. The third kappa shape index (κ3) is 3.24. The second-order valence-electron chi connectivity index (χ2n) is 6.36. The van der Waals surface area contributed by atoms with Crippen LogP contribution in [0.25, 0.3) is 22.0 Å². The number of hydrogen-bond acceptors (Lipinski definition) is 4. The van der Waals surface area contributed by atoms with Crippen LogP contribution < -0.4 is 10.5 Å². The summed E-state index contributed by atoms with van der Waals surface area (Å²) in [5.74, 6) is 0.829. The quantitative estimate of drug-likeness (QED) is 0.725. The van der Waals surface area contributed by atoms with Gasteiger partial charge in [-0.15, -0.1) is 0 Å². The van der Waals surface area contributed by atoms with Crippen LogP contribution in [0, 0.1) is 11.7 Å². The summed E-state index contributed by atoms with van der Waals surface area (Å²) in [5, 5.41) is 0.874. The molecule has 0 radical (unpaired) electrons. The third-order valence-electron chi connectivity index (χ3n) is 4.61. The molecule has 1 aliphatic carbocycles. The first kappa shape index (κ1) is 16.1. The second kappa shape index (κ2) is 6.48. The molecule has 4 nitrogen and oxygen atoms in total. The molecule has 1 saturated carbocycles. The highest BCUT2D eigenvalue weighted by Crippen LogP contribution is 2.32. The maximum atomic E-state index is 13.4. The minimum Gasteiger partial charge on any atom is -0.477 e. The molecule has 25 heavy (non-hydrogen) atoms. The Hall–Kier alpha value is -2.40. The summed E-state index contributed by atoms with van der Waals surface area (Å²) in [7, 11) is 0. The van der Waals surface area contributed by atoms with Gasteiger partial charge in [-0.25, -0.2) is 9.37 Å². The van der Waals surface area contributed by atoms with E-state index in [2.05, 4.69) is 9.97 Å². The maximum Gasteiger partial charge on any atom is 0.226 e. The van der Waals surface area contributed by atoms with E-state index in [1.54, 1.807) is 12.1 Å². The molecule has 0 saturated heterocycles. The normalized spacial score (nSPS) is 14.5. The van der Waals surface area contributed by atoms with Crippen LogP contribution >= 0.6 is 11.6 Å². The van der Waals surface area contributed by atoms with Crippen LogP contribution in [0.2, 0.25) is 5.02 Å². The monoisotopic (exact) mass is 357 g/mol. The predicted molar refractivity (Wildman–Crippen MR) is 97.2 cm³/mol. The van der Waals surface area contributed by atoms with E-state index in [4.69, 9.17) is 22.1 Å². The van der Waals surface area contributed by atoms with Gasteiger partial charge in [0.2, 0.25) is 11.8 Å². The van der Waals surface area contributed by atoms with Crippen molar-refractivity contribution in [1.82, 2.24) is 9.97 Å². The number of halogens is 2. The molecule has 1 aromatic heterocycles. The van der Waals surface area contributed by atoms with E-state index < -0.39 is 5.82 Å². The Balaban J connectivity index is 1.74. The Morgan fingerprint density at radius 3 is 2.60 bits per heavy atom. The largest absolute Gasteiger partial charge is 0.477 e. The molecule has 0 spiro atoms. The Bertz CT molecular complexity index is 943. The number of nitrogens with zero attached hydrogens (tertiary/aromatic N) is 2. The summed E-state index contributed by atoms with van der Waals surface area (Å²) in [6.07, 6.45) is 3.64. The van der Waals surface area contributed by atoms with Crippen molar-refractivity contribution in [3.8, 4) is 17.0 Å². The Morgan fingerprint density at radius 1 is 1.12 bits per heavy atom. The van der Waals surface area contributed by atoms with Gasteiger partial charge in [0.25, 0.3) is 0 Å². The molecule has 2 aromatic carbocycles. The van der Waals surface area contributed by atoms with Crippen LogP contribution in [0.3, 0.4) is 0 Å². The first-order valence-corrected chi connectivity index (χ1v) is 8.63. The lowest BCUT2D eigenvalue weighted by atomic mass is 9.86. The first-order valence-electron chi connectivity index (χ1n) is 8.25. The number of fused-ring (bicyclic) bond motifs is 1. The number of hydrogen-bond donors (Lipinski definition) is 1. The van der Waals surface area contributed by atoms with Crippen LogP contribution in [0.4, 0.5) is 10.3 Å². The van der Waals surface area contributed by atoms with Gasteiger partial charge in [-0.3, -0.25) is 0 Å². The van der Waals surface area contributed by atoms with Gasteiger partial charge in [0.05, 0.1) is 22.5 Å². The van der Waals surface area contributed by atoms with Crippen molar-refractivity contribution in [3.05, 3.63) is 47.2 Å². The number of nitrogens with two attached hydrogens (primary N) is 1. The number of anilines is 1. The average Bonchev–Trinajstić information content (AvgIpc) is 2.55. The number of ether oxygens (including phenoxy) is 1. The number of rotatable bonds is 4. The van der Waals surface area contributed by atoms with E-state index in [0.717, 1.165) is 16.5 Å². The van der Waals surface area contributed by atoms with Gasteiger partial charge in [0.1, 0.15) is 5.82 Å². The van der Waals surface area contributed by atoms with Gasteiger partial charge in [-0.1, -0.05) is 30.2 Å². The second-order valence-corrected chi connectivity index (χ2v) is 6.76. The van der Waals surface area contributed by atoms with Crippen molar-refractivity contribution in [3.63, 3.8) is 0 Å². The van der Waals surface area contributed by atoms with Crippen molar-refractivity contribution in [2.24, 2.45) is 5.92 Å². The summed E-state index contributed by atoms with van der Waals surface area (Å²) in [6, 6.07) is 10.3. The molecule has 0 unspecified atom stereocenters. The summed E-state index contributed by atoms with van der Waals surface area (Å²) >= 11 is 5.90. The van der Waals surface area contributed by atoms with E-state index >= 15 is 0 Å². The van der Waals surface area contributed by atoms with Crippen LogP contribution in [0.1, 0.15) is 19.3 Å². The van der Waals surface area contributed by atoms with Crippen molar-refractivity contribution in [1.29, 1.82) is 0 Å². The fraction of sp³-hybridized carbons (Fsp3) is 0.263. The lowest BCUT2D eigenvalue weighted by Crippen LogP contribution is -2.19. The smallest absolute Gasteiger partial charge is 0.226 e. The first-order chi connectivity index (χ1) is 12.1. The molecule has 2 N–H and O–H groups in total. The molecule has 4 rings (SSSR count). The molecule has 0 bridgehead atoms. The van der Waals surface area contributed by atoms with E-state index in [-0.39, 0.29) is 11.0 Å². The minimum absolute atomic E-state index is 0.0904. The third-order valence-corrected chi connectivity index (χ3v) is 4.90. The molecule has 6 heteroatoms. The van der Waals surface area contributed by atoms with Crippen LogP contribution in [-0.4, -0.2) is 16.6 Å². The zero-order valence-corrected chi connectivity index (χ0v) is 14.3. The summed E-state index contributed by atoms with van der Waals surface area (Å²) in [6.45, 7) is 0.637. The van der Waals surface area contributed by atoms with E-state index in [9.17, 15) is 4.39 Å². The minimum atomic E-state index is -0.438.